The SMILES string of the molecule is NC(=O)c1cccc(NC(=O)[C@@H](NC(=O)c2ccc(C(=O)c3ccc(C(F)(F)F)cc3)cc2)c2ccc(OCc3ccccc3)cc2)c1. The van der Waals surface area contributed by atoms with E-state index in [9.17, 15) is 32.3 Å². The van der Waals surface area contributed by atoms with Gasteiger partial charge in [0.05, 0.1) is 5.56 Å². The van der Waals surface area contributed by atoms with Gasteiger partial charge in [0.15, 0.2) is 5.78 Å². The fourth-order valence-corrected chi connectivity index (χ4v) is 4.73. The van der Waals surface area contributed by atoms with Crippen LogP contribution in [0.4, 0.5) is 18.9 Å². The molecule has 3 amide bonds. The standard InChI is InChI=1S/C37H28F3N3O5/c38-37(39,40)29-17-13-26(14-18-29)33(44)25-9-11-27(12-10-25)35(46)43-32(36(47)42-30-8-4-7-28(21-30)34(41)45)24-15-19-31(20-16-24)48-22-23-5-2-1-3-6-23/h1-21,32H,22H2,(H2,41,45)(H,42,47)(H,43,46)/t32-/m0/s1. The second kappa shape index (κ2) is 14.5. The van der Waals surface area contributed by atoms with Crippen LogP contribution in [0, 0.1) is 0 Å². The third kappa shape index (κ3) is 8.32. The molecular weight excluding hydrogens is 623 g/mol. The number of hydrogen-bond donors (Lipinski definition) is 3. The highest BCUT2D eigenvalue weighted by Crippen LogP contribution is 2.29. The first kappa shape index (κ1) is 33.1. The van der Waals surface area contributed by atoms with Crippen LogP contribution in [0.5, 0.6) is 5.75 Å². The number of amides is 3. The summed E-state index contributed by atoms with van der Waals surface area (Å²) in [5, 5.41) is 5.41. The Balaban J connectivity index is 1.33. The molecule has 0 spiro atoms. The van der Waals surface area contributed by atoms with Gasteiger partial charge in [-0.3, -0.25) is 19.2 Å². The highest BCUT2D eigenvalue weighted by Gasteiger charge is 2.30. The molecule has 5 aromatic carbocycles. The number of carbonyl (C=O) groups is 4. The Labute approximate surface area is 273 Å². The number of alkyl halides is 3. The molecule has 1 atom stereocenters. The number of hydrogen-bond acceptors (Lipinski definition) is 5. The number of nitrogens with two attached hydrogens (primary N) is 1. The summed E-state index contributed by atoms with van der Waals surface area (Å²) in [6.07, 6.45) is -4.53. The summed E-state index contributed by atoms with van der Waals surface area (Å²) in [7, 11) is 0. The third-order valence-electron chi connectivity index (χ3n) is 7.30. The van der Waals surface area contributed by atoms with E-state index >= 15 is 0 Å². The van der Waals surface area contributed by atoms with Crippen molar-refractivity contribution in [2.24, 2.45) is 5.73 Å². The Morgan fingerprint density at radius 3 is 1.90 bits per heavy atom. The van der Waals surface area contributed by atoms with Crippen molar-refractivity contribution in [3.8, 4) is 5.75 Å². The molecule has 0 aliphatic carbocycles. The largest absolute Gasteiger partial charge is 0.489 e. The zero-order chi connectivity index (χ0) is 34.3. The van der Waals surface area contributed by atoms with Crippen molar-refractivity contribution in [1.29, 1.82) is 0 Å². The molecule has 0 aliphatic rings. The second-order valence-electron chi connectivity index (χ2n) is 10.7. The van der Waals surface area contributed by atoms with Crippen molar-refractivity contribution in [1.82, 2.24) is 5.32 Å². The predicted molar refractivity (Wildman–Crippen MR) is 172 cm³/mol. The number of nitrogens with one attached hydrogen (secondary N) is 2. The maximum atomic E-state index is 13.6. The number of benzene rings is 5. The zero-order valence-electron chi connectivity index (χ0n) is 25.2. The number of anilines is 1. The van der Waals surface area contributed by atoms with Gasteiger partial charge in [-0.1, -0.05) is 72.8 Å². The molecule has 0 saturated heterocycles. The van der Waals surface area contributed by atoms with Crippen LogP contribution in [0.25, 0.3) is 0 Å². The molecule has 8 nitrogen and oxygen atoms in total. The molecule has 0 heterocycles. The zero-order valence-corrected chi connectivity index (χ0v) is 25.2. The lowest BCUT2D eigenvalue weighted by atomic mass is 10.00. The molecule has 0 radical (unpaired) electrons. The molecular formula is C37H28F3N3O5. The molecule has 48 heavy (non-hydrogen) atoms. The second-order valence-corrected chi connectivity index (χ2v) is 10.7. The van der Waals surface area contributed by atoms with Crippen molar-refractivity contribution in [3.05, 3.63) is 166 Å². The number of halogens is 3. The van der Waals surface area contributed by atoms with Crippen molar-refractivity contribution in [2.75, 3.05) is 5.32 Å². The van der Waals surface area contributed by atoms with Crippen molar-refractivity contribution < 1.29 is 37.1 Å². The predicted octanol–water partition coefficient (Wildman–Crippen LogP) is 6.72. The van der Waals surface area contributed by atoms with E-state index in [1.807, 2.05) is 30.3 Å². The first-order valence-electron chi connectivity index (χ1n) is 14.6. The van der Waals surface area contributed by atoms with Crippen LogP contribution in [-0.2, 0) is 17.6 Å². The lowest BCUT2D eigenvalue weighted by molar-refractivity contribution is -0.137. The molecule has 0 fully saturated rings. The molecule has 5 rings (SSSR count). The van der Waals surface area contributed by atoms with Gasteiger partial charge in [0.2, 0.25) is 5.91 Å². The van der Waals surface area contributed by atoms with Gasteiger partial charge < -0.3 is 21.1 Å². The maximum absolute atomic E-state index is 13.6. The van der Waals surface area contributed by atoms with E-state index in [0.717, 1.165) is 29.8 Å². The normalized spacial score (nSPS) is 11.6. The highest BCUT2D eigenvalue weighted by molar-refractivity contribution is 6.09. The van der Waals surface area contributed by atoms with E-state index in [4.69, 9.17) is 10.5 Å². The van der Waals surface area contributed by atoms with Crippen LogP contribution in [0.3, 0.4) is 0 Å². The molecule has 242 valence electrons. The maximum Gasteiger partial charge on any atom is 0.416 e. The first-order valence-corrected chi connectivity index (χ1v) is 14.6. The van der Waals surface area contributed by atoms with Crippen LogP contribution in [0.2, 0.25) is 0 Å². The quantitative estimate of drug-likeness (QED) is 0.137. The van der Waals surface area contributed by atoms with Crippen molar-refractivity contribution in [3.63, 3.8) is 0 Å². The topological polar surface area (TPSA) is 128 Å². The van der Waals surface area contributed by atoms with Crippen molar-refractivity contribution >= 4 is 29.2 Å². The van der Waals surface area contributed by atoms with E-state index in [-0.39, 0.29) is 27.9 Å². The fourth-order valence-electron chi connectivity index (χ4n) is 4.73. The Kier molecular flexibility index (Phi) is 9.99. The number of ketones is 1. The van der Waals surface area contributed by atoms with E-state index in [1.54, 1.807) is 36.4 Å². The summed E-state index contributed by atoms with van der Waals surface area (Å²) < 4.78 is 44.6. The summed E-state index contributed by atoms with van der Waals surface area (Å²) in [5.74, 6) is -1.92. The van der Waals surface area contributed by atoms with Crippen LogP contribution in [-0.4, -0.2) is 23.5 Å². The Morgan fingerprint density at radius 1 is 0.688 bits per heavy atom. The average Bonchev–Trinajstić information content (AvgIpc) is 3.10. The van der Waals surface area contributed by atoms with Gasteiger partial charge in [-0.2, -0.15) is 13.2 Å². The highest BCUT2D eigenvalue weighted by atomic mass is 19.4. The molecule has 0 saturated carbocycles. The lowest BCUT2D eigenvalue weighted by Crippen LogP contribution is -2.37. The molecule has 0 unspecified atom stereocenters. The van der Waals surface area contributed by atoms with E-state index in [0.29, 0.717) is 17.9 Å². The molecule has 0 aliphatic heterocycles. The monoisotopic (exact) mass is 651 g/mol. The summed E-state index contributed by atoms with van der Waals surface area (Å²) in [4.78, 5) is 51.4. The lowest BCUT2D eigenvalue weighted by Gasteiger charge is -2.20. The summed E-state index contributed by atoms with van der Waals surface area (Å²) >= 11 is 0. The van der Waals surface area contributed by atoms with Gasteiger partial charge in [0.25, 0.3) is 11.8 Å². The molecule has 0 aromatic heterocycles. The van der Waals surface area contributed by atoms with Crippen molar-refractivity contribution in [2.45, 2.75) is 18.8 Å². The summed E-state index contributed by atoms with van der Waals surface area (Å²) in [5.41, 5.74) is 6.68. The van der Waals surface area contributed by atoms with Crippen LogP contribution in [0.15, 0.2) is 127 Å². The minimum absolute atomic E-state index is 0.0496. The summed E-state index contributed by atoms with van der Waals surface area (Å²) in [6.45, 7) is 0.328. The molecule has 5 aromatic rings. The molecule has 0 bridgehead atoms. The van der Waals surface area contributed by atoms with Crippen LogP contribution < -0.4 is 21.1 Å². The molecule has 11 heteroatoms. The Bertz CT molecular complexity index is 1930. The first-order chi connectivity index (χ1) is 23.0. The minimum atomic E-state index is -4.53. The van der Waals surface area contributed by atoms with Gasteiger partial charge in [0.1, 0.15) is 18.4 Å². The Morgan fingerprint density at radius 2 is 1.29 bits per heavy atom. The van der Waals surface area contributed by atoms with E-state index in [1.165, 1.54) is 36.4 Å². The fraction of sp³-hybridized carbons (Fsp3) is 0.0811. The van der Waals surface area contributed by atoms with E-state index in [2.05, 4.69) is 10.6 Å². The van der Waals surface area contributed by atoms with Gasteiger partial charge >= 0.3 is 6.18 Å². The van der Waals surface area contributed by atoms with Crippen LogP contribution >= 0.6 is 0 Å². The van der Waals surface area contributed by atoms with E-state index < -0.39 is 41.3 Å². The average molecular weight is 652 g/mol. The number of rotatable bonds is 11. The molecule has 4 N–H and O–H groups in total. The number of ether oxygens (including phenoxy) is 1. The van der Waals surface area contributed by atoms with Gasteiger partial charge in [-0.25, -0.2) is 0 Å². The van der Waals surface area contributed by atoms with Gasteiger partial charge in [-0.05, 0) is 65.7 Å². The number of carbonyl (C=O) groups excluding carboxylic acids is 4. The summed E-state index contributed by atoms with van der Waals surface area (Å²) in [6, 6.07) is 30.3. The van der Waals surface area contributed by atoms with Gasteiger partial charge in [-0.15, -0.1) is 0 Å². The Hall–Kier alpha value is -6.23. The van der Waals surface area contributed by atoms with Crippen LogP contribution in [0.1, 0.15) is 59.4 Å². The smallest absolute Gasteiger partial charge is 0.416 e. The number of primary amides is 1. The van der Waals surface area contributed by atoms with Gasteiger partial charge in [0, 0.05) is 27.9 Å². The third-order valence-corrected chi connectivity index (χ3v) is 7.30. The minimum Gasteiger partial charge on any atom is -0.489 e.